The lowest BCUT2D eigenvalue weighted by atomic mass is 10.0. The van der Waals surface area contributed by atoms with Gasteiger partial charge in [-0.1, -0.05) is 51.0 Å². The number of aliphatic hydroxyl groups excluding tert-OH is 2. The fraction of sp³-hybridized carbons (Fsp3) is 0.647. The number of hydrogen-bond donors (Lipinski definition) is 2. The van der Waals surface area contributed by atoms with Gasteiger partial charge in [-0.15, -0.1) is 0 Å². The molecule has 0 radical (unpaired) electrons. The molecular weight excluding hydrogens is 252 g/mol. The molecule has 0 aromatic rings. The predicted molar refractivity (Wildman–Crippen MR) is 83.0 cm³/mol. The third kappa shape index (κ3) is 14.8. The van der Waals surface area contributed by atoms with Crippen LogP contribution in [0.25, 0.3) is 0 Å². The van der Waals surface area contributed by atoms with Crippen LogP contribution in [0.5, 0.6) is 0 Å². The summed E-state index contributed by atoms with van der Waals surface area (Å²) < 4.78 is 4.96. The normalized spacial score (nSPS) is 12.8. The lowest BCUT2D eigenvalue weighted by molar-refractivity contribution is 0.0385. The van der Waals surface area contributed by atoms with E-state index in [1.54, 1.807) is 6.08 Å². The molecule has 2 N–H and O–H groups in total. The van der Waals surface area contributed by atoms with Gasteiger partial charge in [0, 0.05) is 6.08 Å². The van der Waals surface area contributed by atoms with Crippen LogP contribution < -0.4 is 0 Å². The van der Waals surface area contributed by atoms with Crippen LogP contribution in [-0.4, -0.2) is 29.5 Å². The summed E-state index contributed by atoms with van der Waals surface area (Å²) in [6.45, 7) is 4.31. The Hall–Kier alpha value is -1.24. The molecule has 0 saturated heterocycles. The van der Waals surface area contributed by atoms with E-state index in [-0.39, 0.29) is 13.2 Å². The highest BCUT2D eigenvalue weighted by Gasteiger charge is 1.98. The molecule has 0 amide bonds. The fourth-order valence-electron chi connectivity index (χ4n) is 1.53. The molecule has 0 aliphatic heterocycles. The summed E-state index contributed by atoms with van der Waals surface area (Å²) in [7, 11) is 0. The van der Waals surface area contributed by atoms with E-state index >= 15 is 0 Å². The van der Waals surface area contributed by atoms with Gasteiger partial charge in [0.15, 0.2) is 0 Å². The Morgan fingerprint density at radius 1 is 1.10 bits per heavy atom. The summed E-state index contributed by atoms with van der Waals surface area (Å²) in [5, 5.41) is 17.5. The number of hydrogen-bond acceptors (Lipinski definition) is 3. The van der Waals surface area contributed by atoms with Gasteiger partial charge in [0.2, 0.25) is 0 Å². The Balaban J connectivity index is 3.46. The van der Waals surface area contributed by atoms with E-state index in [2.05, 4.69) is 31.8 Å². The smallest absolute Gasteiger partial charge is 0.115 e. The standard InChI is InChI=1S/C17H28O3/c1-16(2)12-10-8-6-4-3-5-7-9-11-13-20-15-17(19)14-18/h3,5,11,13,16-19H,4,6,8,10,12,14-15H2,1-2H3/b5-3-,13-11-/t17-/m0/s1. The highest BCUT2D eigenvalue weighted by Crippen LogP contribution is 2.09. The van der Waals surface area contributed by atoms with Crippen molar-refractivity contribution in [3.63, 3.8) is 0 Å². The SMILES string of the molecule is CC(C)CCCCC/C=C\C#C/C=C\OC[C@@H](O)CO. The number of ether oxygens (including phenoxy) is 1. The van der Waals surface area contributed by atoms with Crippen molar-refractivity contribution in [3.8, 4) is 11.8 Å². The minimum absolute atomic E-state index is 0.0842. The topological polar surface area (TPSA) is 49.7 Å². The van der Waals surface area contributed by atoms with Gasteiger partial charge in [-0.05, 0) is 24.8 Å². The van der Waals surface area contributed by atoms with E-state index in [1.807, 2.05) is 6.08 Å². The van der Waals surface area contributed by atoms with Crippen LogP contribution >= 0.6 is 0 Å². The molecule has 114 valence electrons. The molecule has 0 spiro atoms. The molecule has 1 atom stereocenters. The summed E-state index contributed by atoms with van der Waals surface area (Å²) in [5.41, 5.74) is 0. The molecule has 0 bridgehead atoms. The van der Waals surface area contributed by atoms with Gasteiger partial charge < -0.3 is 14.9 Å². The van der Waals surface area contributed by atoms with Crippen LogP contribution in [0, 0.1) is 17.8 Å². The van der Waals surface area contributed by atoms with Crippen molar-refractivity contribution in [2.75, 3.05) is 13.2 Å². The lowest BCUT2D eigenvalue weighted by Crippen LogP contribution is -2.17. The maximum atomic E-state index is 8.99. The highest BCUT2D eigenvalue weighted by molar-refractivity contribution is 5.22. The first kappa shape index (κ1) is 18.8. The van der Waals surface area contributed by atoms with Gasteiger partial charge in [0.05, 0.1) is 12.9 Å². The van der Waals surface area contributed by atoms with Crippen LogP contribution in [0.3, 0.4) is 0 Å². The highest BCUT2D eigenvalue weighted by atomic mass is 16.5. The molecule has 0 aliphatic carbocycles. The van der Waals surface area contributed by atoms with Crippen LogP contribution in [0.1, 0.15) is 46.0 Å². The van der Waals surface area contributed by atoms with Crippen molar-refractivity contribution >= 4 is 0 Å². The van der Waals surface area contributed by atoms with E-state index in [9.17, 15) is 0 Å². The summed E-state index contributed by atoms with van der Waals surface area (Å²) in [5.74, 6) is 6.50. The Morgan fingerprint density at radius 2 is 1.85 bits per heavy atom. The maximum absolute atomic E-state index is 8.99. The molecule has 20 heavy (non-hydrogen) atoms. The first-order chi connectivity index (χ1) is 9.66. The average molecular weight is 280 g/mol. The first-order valence-electron chi connectivity index (χ1n) is 7.38. The Morgan fingerprint density at radius 3 is 2.55 bits per heavy atom. The summed E-state index contributed by atoms with van der Waals surface area (Å²) in [4.78, 5) is 0. The van der Waals surface area contributed by atoms with Gasteiger partial charge in [0.25, 0.3) is 0 Å². The van der Waals surface area contributed by atoms with Crippen LogP contribution in [0.2, 0.25) is 0 Å². The van der Waals surface area contributed by atoms with Crippen molar-refractivity contribution in [2.45, 2.75) is 52.1 Å². The van der Waals surface area contributed by atoms with Gasteiger partial charge >= 0.3 is 0 Å². The van der Waals surface area contributed by atoms with E-state index in [0.29, 0.717) is 0 Å². The molecular formula is C17H28O3. The second kappa shape index (κ2) is 14.2. The zero-order valence-corrected chi connectivity index (χ0v) is 12.7. The van der Waals surface area contributed by atoms with Crippen molar-refractivity contribution in [3.05, 3.63) is 24.5 Å². The minimum atomic E-state index is -0.830. The maximum Gasteiger partial charge on any atom is 0.115 e. The lowest BCUT2D eigenvalue weighted by Gasteiger charge is -2.04. The molecule has 0 saturated carbocycles. The molecule has 3 heteroatoms. The average Bonchev–Trinajstić information content (AvgIpc) is 2.43. The molecule has 0 heterocycles. The zero-order valence-electron chi connectivity index (χ0n) is 12.7. The summed E-state index contributed by atoms with van der Waals surface area (Å²) >= 11 is 0. The van der Waals surface area contributed by atoms with Crippen LogP contribution in [0.15, 0.2) is 24.5 Å². The molecule has 0 aliphatic rings. The molecule has 0 aromatic heterocycles. The summed E-state index contributed by atoms with van der Waals surface area (Å²) in [6.07, 6.45) is 12.3. The molecule has 0 unspecified atom stereocenters. The van der Waals surface area contributed by atoms with Gasteiger partial charge in [-0.25, -0.2) is 0 Å². The zero-order chi connectivity index (χ0) is 15.1. The van der Waals surface area contributed by atoms with Gasteiger partial charge in [0.1, 0.15) is 12.7 Å². The first-order valence-corrected chi connectivity index (χ1v) is 7.38. The molecule has 3 nitrogen and oxygen atoms in total. The van der Waals surface area contributed by atoms with Gasteiger partial charge in [-0.3, -0.25) is 0 Å². The van der Waals surface area contributed by atoms with Crippen molar-refractivity contribution in [2.24, 2.45) is 5.92 Å². The van der Waals surface area contributed by atoms with Gasteiger partial charge in [-0.2, -0.15) is 0 Å². The second-order valence-electron chi connectivity index (χ2n) is 5.20. The third-order valence-electron chi connectivity index (χ3n) is 2.68. The Labute approximate surface area is 123 Å². The number of unbranched alkanes of at least 4 members (excludes halogenated alkanes) is 3. The number of aliphatic hydroxyl groups is 2. The molecule has 0 aromatic carbocycles. The van der Waals surface area contributed by atoms with Crippen LogP contribution in [0.4, 0.5) is 0 Å². The second-order valence-corrected chi connectivity index (χ2v) is 5.20. The van der Waals surface area contributed by atoms with E-state index in [0.717, 1.165) is 12.3 Å². The fourth-order valence-corrected chi connectivity index (χ4v) is 1.53. The number of allylic oxidation sites excluding steroid dienone is 3. The number of rotatable bonds is 10. The predicted octanol–water partition coefficient (Wildman–Crippen LogP) is 3.04. The van der Waals surface area contributed by atoms with E-state index < -0.39 is 6.10 Å². The van der Waals surface area contributed by atoms with Crippen LogP contribution in [-0.2, 0) is 4.74 Å². The Kier molecular flexibility index (Phi) is 13.3. The third-order valence-corrected chi connectivity index (χ3v) is 2.68. The molecule has 0 fully saturated rings. The molecule has 0 rings (SSSR count). The van der Waals surface area contributed by atoms with Crippen molar-refractivity contribution in [1.29, 1.82) is 0 Å². The van der Waals surface area contributed by atoms with E-state index in [1.165, 1.54) is 31.9 Å². The van der Waals surface area contributed by atoms with Crippen molar-refractivity contribution < 1.29 is 14.9 Å². The summed E-state index contributed by atoms with van der Waals surface area (Å²) in [6, 6.07) is 0. The minimum Gasteiger partial charge on any atom is -0.498 e. The van der Waals surface area contributed by atoms with Crippen molar-refractivity contribution in [1.82, 2.24) is 0 Å². The van der Waals surface area contributed by atoms with E-state index in [4.69, 9.17) is 14.9 Å². The quantitative estimate of drug-likeness (QED) is 0.367. The monoisotopic (exact) mass is 280 g/mol. The Bertz CT molecular complexity index is 321. The largest absolute Gasteiger partial charge is 0.498 e.